The van der Waals surface area contributed by atoms with Crippen molar-refractivity contribution in [3.8, 4) is 5.75 Å². The molecular formula is C21H30N4O5. The van der Waals surface area contributed by atoms with E-state index in [1.54, 1.807) is 0 Å². The van der Waals surface area contributed by atoms with E-state index in [0.29, 0.717) is 18.6 Å². The number of imide groups is 1. The van der Waals surface area contributed by atoms with Crippen molar-refractivity contribution in [3.05, 3.63) is 29.3 Å². The van der Waals surface area contributed by atoms with Gasteiger partial charge in [-0.05, 0) is 37.8 Å². The first-order valence-corrected chi connectivity index (χ1v) is 10.1. The number of nitrogens with zero attached hydrogens (tertiary/aromatic N) is 1. The molecule has 1 heterocycles. The molecule has 1 aliphatic rings. The van der Waals surface area contributed by atoms with Gasteiger partial charge in [-0.15, -0.1) is 0 Å². The van der Waals surface area contributed by atoms with Crippen molar-refractivity contribution in [1.82, 2.24) is 21.1 Å². The van der Waals surface area contributed by atoms with Gasteiger partial charge in [-0.25, -0.2) is 4.79 Å². The van der Waals surface area contributed by atoms with Gasteiger partial charge in [-0.1, -0.05) is 44.9 Å². The maximum atomic E-state index is 12.8. The first-order chi connectivity index (χ1) is 14.2. The molecule has 1 saturated heterocycles. The Morgan fingerprint density at radius 1 is 1.03 bits per heavy atom. The highest BCUT2D eigenvalue weighted by atomic mass is 16.5. The number of para-hydroxylation sites is 1. The van der Waals surface area contributed by atoms with Crippen LogP contribution in [0.25, 0.3) is 0 Å². The molecule has 0 saturated carbocycles. The van der Waals surface area contributed by atoms with Crippen LogP contribution >= 0.6 is 0 Å². The summed E-state index contributed by atoms with van der Waals surface area (Å²) in [6.07, 6.45) is 2.47. The largest absolute Gasteiger partial charge is 0.483 e. The molecule has 0 atom stereocenters. The standard InChI is InChI=1S/C21H30N4O5/c1-5-10-21(11-6-2)19(28)25(20(29)22-21)12-16(26)23-24-17(27)13-30-18-14(3)8-7-9-15(18)4/h7-9H,5-6,10-13H2,1-4H3,(H,22,29)(H,23,26)(H,24,27). The number of nitrogens with one attached hydrogen (secondary N) is 3. The Labute approximate surface area is 176 Å². The number of rotatable bonds is 9. The first-order valence-electron chi connectivity index (χ1n) is 10.1. The predicted octanol–water partition coefficient (Wildman–Crippen LogP) is 1.72. The van der Waals surface area contributed by atoms with Gasteiger partial charge < -0.3 is 10.1 Å². The molecule has 2 rings (SSSR count). The summed E-state index contributed by atoms with van der Waals surface area (Å²) >= 11 is 0. The molecule has 1 aliphatic heterocycles. The van der Waals surface area contributed by atoms with Crippen LogP contribution < -0.4 is 20.9 Å². The van der Waals surface area contributed by atoms with Crippen molar-refractivity contribution in [2.45, 2.75) is 58.9 Å². The molecule has 0 radical (unpaired) electrons. The topological polar surface area (TPSA) is 117 Å². The number of ether oxygens (including phenoxy) is 1. The van der Waals surface area contributed by atoms with Crippen LogP contribution in [0.1, 0.15) is 50.7 Å². The molecule has 1 aromatic rings. The molecule has 1 fully saturated rings. The summed E-state index contributed by atoms with van der Waals surface area (Å²) in [6, 6.07) is 5.04. The van der Waals surface area contributed by atoms with E-state index in [-0.39, 0.29) is 6.61 Å². The molecule has 0 aliphatic carbocycles. The molecular weight excluding hydrogens is 388 g/mol. The minimum atomic E-state index is -0.955. The summed E-state index contributed by atoms with van der Waals surface area (Å²) in [5.41, 5.74) is 5.29. The minimum Gasteiger partial charge on any atom is -0.483 e. The molecule has 0 bridgehead atoms. The van der Waals surface area contributed by atoms with Crippen molar-refractivity contribution >= 4 is 23.8 Å². The van der Waals surface area contributed by atoms with Gasteiger partial charge in [0.25, 0.3) is 17.7 Å². The van der Waals surface area contributed by atoms with Crippen molar-refractivity contribution in [2.75, 3.05) is 13.2 Å². The number of hydrogen-bond acceptors (Lipinski definition) is 5. The molecule has 30 heavy (non-hydrogen) atoms. The molecule has 0 aromatic heterocycles. The average Bonchev–Trinajstić information content (AvgIpc) is 2.91. The quantitative estimate of drug-likeness (QED) is 0.417. The Bertz CT molecular complexity index is 797. The lowest BCUT2D eigenvalue weighted by Gasteiger charge is -2.25. The van der Waals surface area contributed by atoms with Crippen LogP contribution in [-0.2, 0) is 14.4 Å². The van der Waals surface area contributed by atoms with Crippen LogP contribution in [-0.4, -0.2) is 47.3 Å². The fourth-order valence-electron chi connectivity index (χ4n) is 3.66. The number of hydrogen-bond donors (Lipinski definition) is 3. The third-order valence-electron chi connectivity index (χ3n) is 5.00. The van der Waals surface area contributed by atoms with Gasteiger partial charge in [-0.2, -0.15) is 0 Å². The SMILES string of the molecule is CCCC1(CCC)NC(=O)N(CC(=O)NNC(=O)COc2c(C)cccc2C)C1=O. The predicted molar refractivity (Wildman–Crippen MR) is 110 cm³/mol. The number of hydrazine groups is 1. The highest BCUT2D eigenvalue weighted by Crippen LogP contribution is 2.27. The zero-order chi connectivity index (χ0) is 22.3. The monoisotopic (exact) mass is 418 g/mol. The summed E-state index contributed by atoms with van der Waals surface area (Å²) < 4.78 is 5.52. The summed E-state index contributed by atoms with van der Waals surface area (Å²) in [5, 5.41) is 2.74. The van der Waals surface area contributed by atoms with Crippen molar-refractivity contribution < 1.29 is 23.9 Å². The van der Waals surface area contributed by atoms with Gasteiger partial charge in [0.05, 0.1) is 0 Å². The summed E-state index contributed by atoms with van der Waals surface area (Å²) in [5.74, 6) is -1.03. The number of urea groups is 1. The average molecular weight is 418 g/mol. The van der Waals surface area contributed by atoms with Crippen molar-refractivity contribution in [2.24, 2.45) is 0 Å². The second-order valence-electron chi connectivity index (χ2n) is 7.51. The van der Waals surface area contributed by atoms with E-state index in [9.17, 15) is 19.2 Å². The van der Waals surface area contributed by atoms with Crippen LogP contribution in [0.4, 0.5) is 4.79 Å². The van der Waals surface area contributed by atoms with Gasteiger partial charge in [-0.3, -0.25) is 30.1 Å². The third kappa shape index (κ3) is 5.28. The second kappa shape index (κ2) is 10.1. The summed E-state index contributed by atoms with van der Waals surface area (Å²) in [6.45, 7) is 6.85. The fraction of sp³-hybridized carbons (Fsp3) is 0.524. The van der Waals surface area contributed by atoms with E-state index in [0.717, 1.165) is 28.9 Å². The van der Waals surface area contributed by atoms with Crippen LogP contribution in [0, 0.1) is 13.8 Å². The maximum Gasteiger partial charge on any atom is 0.325 e. The zero-order valence-electron chi connectivity index (χ0n) is 18.0. The number of carbonyl (C=O) groups excluding carboxylic acids is 4. The lowest BCUT2D eigenvalue weighted by atomic mass is 9.88. The van der Waals surface area contributed by atoms with E-state index >= 15 is 0 Å². The molecule has 1 aromatic carbocycles. The maximum absolute atomic E-state index is 12.8. The molecule has 164 valence electrons. The number of amides is 5. The molecule has 9 heteroatoms. The van der Waals surface area contributed by atoms with Gasteiger partial charge >= 0.3 is 6.03 Å². The van der Waals surface area contributed by atoms with E-state index in [1.807, 2.05) is 45.9 Å². The number of benzene rings is 1. The molecule has 0 unspecified atom stereocenters. The number of carbonyl (C=O) groups is 4. The lowest BCUT2D eigenvalue weighted by Crippen LogP contribution is -2.50. The Hall–Kier alpha value is -3.10. The molecule has 5 amide bonds. The molecule has 0 spiro atoms. The minimum absolute atomic E-state index is 0.286. The van der Waals surface area contributed by atoms with Gasteiger partial charge in [0, 0.05) is 0 Å². The highest BCUT2D eigenvalue weighted by molar-refractivity contribution is 6.09. The normalized spacial score (nSPS) is 15.0. The van der Waals surface area contributed by atoms with Crippen LogP contribution in [0.15, 0.2) is 18.2 Å². The van der Waals surface area contributed by atoms with E-state index in [4.69, 9.17) is 4.74 Å². The van der Waals surface area contributed by atoms with E-state index in [1.165, 1.54) is 0 Å². The van der Waals surface area contributed by atoms with E-state index in [2.05, 4.69) is 16.2 Å². The fourth-order valence-corrected chi connectivity index (χ4v) is 3.66. The van der Waals surface area contributed by atoms with Crippen LogP contribution in [0.3, 0.4) is 0 Å². The Kier molecular flexibility index (Phi) is 7.79. The van der Waals surface area contributed by atoms with Crippen molar-refractivity contribution in [3.63, 3.8) is 0 Å². The van der Waals surface area contributed by atoms with Gasteiger partial charge in [0.15, 0.2) is 6.61 Å². The van der Waals surface area contributed by atoms with Crippen LogP contribution in [0.5, 0.6) is 5.75 Å². The summed E-state index contributed by atoms with van der Waals surface area (Å²) in [4.78, 5) is 50.0. The number of aryl methyl sites for hydroxylation is 2. The Balaban J connectivity index is 1.86. The molecule has 3 N–H and O–H groups in total. The van der Waals surface area contributed by atoms with Gasteiger partial charge in [0.2, 0.25) is 0 Å². The third-order valence-corrected chi connectivity index (χ3v) is 5.00. The highest BCUT2D eigenvalue weighted by Gasteiger charge is 2.50. The van der Waals surface area contributed by atoms with Gasteiger partial charge in [0.1, 0.15) is 17.8 Å². The zero-order valence-corrected chi connectivity index (χ0v) is 18.0. The Morgan fingerprint density at radius 2 is 1.60 bits per heavy atom. The lowest BCUT2D eigenvalue weighted by molar-refractivity contribution is -0.136. The second-order valence-corrected chi connectivity index (χ2v) is 7.51. The Morgan fingerprint density at radius 3 is 2.17 bits per heavy atom. The van der Waals surface area contributed by atoms with Crippen LogP contribution in [0.2, 0.25) is 0 Å². The molecule has 9 nitrogen and oxygen atoms in total. The summed E-state index contributed by atoms with van der Waals surface area (Å²) in [7, 11) is 0. The van der Waals surface area contributed by atoms with E-state index < -0.39 is 35.8 Å². The van der Waals surface area contributed by atoms with Crippen molar-refractivity contribution in [1.29, 1.82) is 0 Å². The smallest absolute Gasteiger partial charge is 0.325 e. The first kappa shape index (κ1) is 23.2.